The van der Waals surface area contributed by atoms with Crippen molar-refractivity contribution in [2.24, 2.45) is 10.9 Å². The number of nitrogens with zero attached hydrogens (tertiary/aromatic N) is 2. The van der Waals surface area contributed by atoms with Gasteiger partial charge in [0, 0.05) is 43.5 Å². The van der Waals surface area contributed by atoms with E-state index in [-0.39, 0.29) is 4.75 Å². The van der Waals surface area contributed by atoms with Gasteiger partial charge in [-0.3, -0.25) is 4.99 Å². The second kappa shape index (κ2) is 11.8. The first-order chi connectivity index (χ1) is 14.2. The van der Waals surface area contributed by atoms with Crippen LogP contribution in [0.25, 0.3) is 0 Å². The number of ether oxygens (including phenoxy) is 2. The molecule has 5 nitrogen and oxygen atoms in total. The van der Waals surface area contributed by atoms with Gasteiger partial charge in [0.15, 0.2) is 5.96 Å². The SMILES string of the molecule is CCNC(=NCC1(SCC)CCOCC1)N1CCC(COCc2ccccc2)C1. The van der Waals surface area contributed by atoms with Crippen LogP contribution in [0, 0.1) is 5.92 Å². The summed E-state index contributed by atoms with van der Waals surface area (Å²) in [5.41, 5.74) is 1.24. The first-order valence-corrected chi connectivity index (χ1v) is 12.1. The molecule has 3 rings (SSSR count). The number of thioether (sulfide) groups is 1. The van der Waals surface area contributed by atoms with Crippen molar-refractivity contribution in [2.75, 3.05) is 51.8 Å². The first kappa shape index (κ1) is 22.4. The van der Waals surface area contributed by atoms with E-state index in [2.05, 4.69) is 60.1 Å². The Balaban J connectivity index is 1.51. The van der Waals surface area contributed by atoms with Crippen molar-refractivity contribution >= 4 is 17.7 Å². The minimum atomic E-state index is 0.242. The Kier molecular flexibility index (Phi) is 9.15. The third-order valence-corrected chi connectivity index (χ3v) is 7.20. The number of aliphatic imine (C=N–C) groups is 1. The maximum atomic E-state index is 5.99. The van der Waals surface area contributed by atoms with E-state index in [1.165, 1.54) is 12.0 Å². The molecule has 1 unspecified atom stereocenters. The van der Waals surface area contributed by atoms with Gasteiger partial charge in [-0.05, 0) is 37.5 Å². The smallest absolute Gasteiger partial charge is 0.193 e. The molecule has 2 fully saturated rings. The standard InChI is InChI=1S/C23H37N3O2S/c1-3-24-22(25-19-23(29-4-2)11-14-27-15-12-23)26-13-10-21(16-26)18-28-17-20-8-6-5-7-9-20/h5-9,21H,3-4,10-19H2,1-2H3,(H,24,25). The van der Waals surface area contributed by atoms with Crippen LogP contribution in [0.5, 0.6) is 0 Å². The largest absolute Gasteiger partial charge is 0.381 e. The molecule has 0 spiro atoms. The number of hydrogen-bond acceptors (Lipinski definition) is 4. The fourth-order valence-electron chi connectivity index (χ4n) is 4.12. The maximum absolute atomic E-state index is 5.99. The summed E-state index contributed by atoms with van der Waals surface area (Å²) in [4.78, 5) is 7.51. The summed E-state index contributed by atoms with van der Waals surface area (Å²) >= 11 is 2.06. The molecule has 162 valence electrons. The lowest BCUT2D eigenvalue weighted by molar-refractivity contribution is 0.0792. The van der Waals surface area contributed by atoms with Gasteiger partial charge in [0.05, 0.1) is 19.8 Å². The van der Waals surface area contributed by atoms with Gasteiger partial charge in [0.25, 0.3) is 0 Å². The minimum Gasteiger partial charge on any atom is -0.381 e. The monoisotopic (exact) mass is 419 g/mol. The van der Waals surface area contributed by atoms with Crippen molar-refractivity contribution < 1.29 is 9.47 Å². The topological polar surface area (TPSA) is 46.1 Å². The van der Waals surface area contributed by atoms with Gasteiger partial charge >= 0.3 is 0 Å². The molecule has 2 aliphatic rings. The maximum Gasteiger partial charge on any atom is 0.193 e. The van der Waals surface area contributed by atoms with Crippen LogP contribution in [0.2, 0.25) is 0 Å². The second-order valence-electron chi connectivity index (χ2n) is 8.00. The number of benzene rings is 1. The number of hydrogen-bond donors (Lipinski definition) is 1. The van der Waals surface area contributed by atoms with E-state index in [0.717, 1.165) is 70.6 Å². The average molecular weight is 420 g/mol. The molecule has 1 N–H and O–H groups in total. The zero-order valence-electron chi connectivity index (χ0n) is 18.1. The molecule has 0 aromatic heterocycles. The Hall–Kier alpha value is -1.24. The second-order valence-corrected chi connectivity index (χ2v) is 9.73. The summed E-state index contributed by atoms with van der Waals surface area (Å²) in [7, 11) is 0. The molecule has 2 heterocycles. The molecule has 0 bridgehead atoms. The van der Waals surface area contributed by atoms with Gasteiger partial charge in [-0.25, -0.2) is 0 Å². The molecule has 1 aromatic carbocycles. The minimum absolute atomic E-state index is 0.242. The Bertz CT molecular complexity index is 614. The summed E-state index contributed by atoms with van der Waals surface area (Å²) in [6.45, 7) is 11.5. The summed E-state index contributed by atoms with van der Waals surface area (Å²) in [6.07, 6.45) is 3.37. The van der Waals surface area contributed by atoms with E-state index in [4.69, 9.17) is 14.5 Å². The van der Waals surface area contributed by atoms with Crippen LogP contribution in [0.1, 0.15) is 38.7 Å². The Morgan fingerprint density at radius 3 is 2.79 bits per heavy atom. The molecule has 0 amide bonds. The molecule has 0 saturated carbocycles. The summed E-state index contributed by atoms with van der Waals surface area (Å²) < 4.78 is 11.8. The van der Waals surface area contributed by atoms with Gasteiger partial charge in [-0.1, -0.05) is 37.3 Å². The molecular formula is C23H37N3O2S. The van der Waals surface area contributed by atoms with Gasteiger partial charge in [-0.2, -0.15) is 11.8 Å². The highest BCUT2D eigenvalue weighted by Gasteiger charge is 2.33. The van der Waals surface area contributed by atoms with Crippen LogP contribution in [-0.2, 0) is 16.1 Å². The van der Waals surface area contributed by atoms with Crippen LogP contribution >= 0.6 is 11.8 Å². The van der Waals surface area contributed by atoms with Crippen LogP contribution in [-0.4, -0.2) is 67.4 Å². The van der Waals surface area contributed by atoms with E-state index in [9.17, 15) is 0 Å². The Morgan fingerprint density at radius 2 is 2.07 bits per heavy atom. The highest BCUT2D eigenvalue weighted by atomic mass is 32.2. The van der Waals surface area contributed by atoms with E-state index in [1.807, 2.05) is 6.07 Å². The number of likely N-dealkylation sites (tertiary alicyclic amines) is 1. The Labute approximate surface area is 180 Å². The Morgan fingerprint density at radius 1 is 1.28 bits per heavy atom. The van der Waals surface area contributed by atoms with Crippen molar-refractivity contribution in [1.82, 2.24) is 10.2 Å². The lowest BCUT2D eigenvalue weighted by atomic mass is 9.99. The number of rotatable bonds is 9. The van der Waals surface area contributed by atoms with Crippen LogP contribution in [0.3, 0.4) is 0 Å². The van der Waals surface area contributed by atoms with Crippen molar-refractivity contribution in [3.05, 3.63) is 35.9 Å². The fourth-order valence-corrected chi connectivity index (χ4v) is 5.34. The van der Waals surface area contributed by atoms with Gasteiger partial charge in [0.1, 0.15) is 0 Å². The lowest BCUT2D eigenvalue weighted by Gasteiger charge is -2.35. The van der Waals surface area contributed by atoms with Gasteiger partial charge in [0.2, 0.25) is 0 Å². The number of nitrogens with one attached hydrogen (secondary N) is 1. The fraction of sp³-hybridized carbons (Fsp3) is 0.696. The summed E-state index contributed by atoms with van der Waals surface area (Å²) in [5.74, 6) is 2.78. The highest BCUT2D eigenvalue weighted by Crippen LogP contribution is 2.35. The van der Waals surface area contributed by atoms with Gasteiger partial charge < -0.3 is 19.7 Å². The molecule has 1 aromatic rings. The first-order valence-electron chi connectivity index (χ1n) is 11.1. The summed E-state index contributed by atoms with van der Waals surface area (Å²) in [6, 6.07) is 10.4. The van der Waals surface area contributed by atoms with Crippen LogP contribution in [0.15, 0.2) is 35.3 Å². The zero-order chi connectivity index (χ0) is 20.4. The van der Waals surface area contributed by atoms with Crippen molar-refractivity contribution in [3.63, 3.8) is 0 Å². The number of guanidine groups is 1. The highest BCUT2D eigenvalue weighted by molar-refractivity contribution is 8.00. The van der Waals surface area contributed by atoms with Crippen molar-refractivity contribution in [2.45, 2.75) is 44.5 Å². The van der Waals surface area contributed by atoms with Crippen LogP contribution in [0.4, 0.5) is 0 Å². The van der Waals surface area contributed by atoms with E-state index >= 15 is 0 Å². The predicted octanol–water partition coefficient (Wildman–Crippen LogP) is 3.79. The molecule has 1 atom stereocenters. The normalized spacial score (nSPS) is 22.1. The molecule has 0 aliphatic carbocycles. The third kappa shape index (κ3) is 6.90. The van der Waals surface area contributed by atoms with Gasteiger partial charge in [-0.15, -0.1) is 0 Å². The molecule has 2 saturated heterocycles. The van der Waals surface area contributed by atoms with E-state index < -0.39 is 0 Å². The molecule has 6 heteroatoms. The lowest BCUT2D eigenvalue weighted by Crippen LogP contribution is -2.42. The molecule has 0 radical (unpaired) electrons. The predicted molar refractivity (Wildman–Crippen MR) is 123 cm³/mol. The van der Waals surface area contributed by atoms with E-state index in [0.29, 0.717) is 12.5 Å². The third-order valence-electron chi connectivity index (χ3n) is 5.76. The molecule has 29 heavy (non-hydrogen) atoms. The quantitative estimate of drug-likeness (QED) is 0.487. The molecule has 2 aliphatic heterocycles. The van der Waals surface area contributed by atoms with Crippen molar-refractivity contribution in [3.8, 4) is 0 Å². The zero-order valence-corrected chi connectivity index (χ0v) is 18.9. The average Bonchev–Trinajstić information content (AvgIpc) is 3.22. The van der Waals surface area contributed by atoms with Crippen LogP contribution < -0.4 is 5.32 Å². The molecular weight excluding hydrogens is 382 g/mol. The van der Waals surface area contributed by atoms with E-state index in [1.54, 1.807) is 0 Å². The van der Waals surface area contributed by atoms with Crippen molar-refractivity contribution in [1.29, 1.82) is 0 Å². The summed E-state index contributed by atoms with van der Waals surface area (Å²) in [5, 5.41) is 3.52.